The molecule has 0 spiro atoms. The number of benzene rings is 1. The zero-order valence-electron chi connectivity index (χ0n) is 8.55. The largest absolute Gasteiger partial charge is 0.326 e. The molecule has 0 bridgehead atoms. The fourth-order valence-electron chi connectivity index (χ4n) is 2.40. The van der Waals surface area contributed by atoms with Crippen molar-refractivity contribution < 1.29 is 0 Å². The van der Waals surface area contributed by atoms with Gasteiger partial charge in [0.1, 0.15) is 0 Å². The molecule has 0 heterocycles. The lowest BCUT2D eigenvalue weighted by Gasteiger charge is -2.21. The molecule has 0 saturated heterocycles. The van der Waals surface area contributed by atoms with E-state index in [1.54, 1.807) is 0 Å². The molecular weight excluding hydrogens is 172 g/mol. The van der Waals surface area contributed by atoms with Gasteiger partial charge in [-0.25, -0.2) is 0 Å². The van der Waals surface area contributed by atoms with Gasteiger partial charge in [-0.1, -0.05) is 12.1 Å². The van der Waals surface area contributed by atoms with Crippen LogP contribution in [-0.2, 0) is 25.9 Å². The lowest BCUT2D eigenvalue weighted by atomic mass is 9.86. The Morgan fingerprint density at radius 2 is 1.79 bits per heavy atom. The molecule has 14 heavy (non-hydrogen) atoms. The number of rotatable bonds is 2. The van der Waals surface area contributed by atoms with Gasteiger partial charge in [-0.15, -0.1) is 0 Å². The van der Waals surface area contributed by atoms with Crippen LogP contribution in [0.4, 0.5) is 0 Å². The van der Waals surface area contributed by atoms with Crippen molar-refractivity contribution in [1.82, 2.24) is 0 Å². The fraction of sp³-hybridized carbons (Fsp3) is 0.500. The van der Waals surface area contributed by atoms with E-state index >= 15 is 0 Å². The lowest BCUT2D eigenvalue weighted by molar-refractivity contribution is 0.675. The Kier molecular flexibility index (Phi) is 2.85. The highest BCUT2D eigenvalue weighted by Crippen LogP contribution is 2.26. The van der Waals surface area contributed by atoms with Gasteiger partial charge in [-0.3, -0.25) is 0 Å². The summed E-state index contributed by atoms with van der Waals surface area (Å²) in [6, 6.07) is 4.38. The Morgan fingerprint density at radius 1 is 1.00 bits per heavy atom. The van der Waals surface area contributed by atoms with E-state index in [9.17, 15) is 0 Å². The van der Waals surface area contributed by atoms with Crippen LogP contribution in [0.15, 0.2) is 12.1 Å². The maximum absolute atomic E-state index is 5.79. The maximum atomic E-state index is 5.79. The van der Waals surface area contributed by atoms with Crippen LogP contribution in [0, 0.1) is 0 Å². The first kappa shape index (κ1) is 9.69. The summed E-state index contributed by atoms with van der Waals surface area (Å²) in [5.74, 6) is 0. The summed E-state index contributed by atoms with van der Waals surface area (Å²) in [5.41, 5.74) is 17.0. The van der Waals surface area contributed by atoms with Crippen molar-refractivity contribution in [2.75, 3.05) is 0 Å². The standard InChI is InChI=1S/C12H18N2/c13-7-10-6-5-9-3-1-2-4-11(9)12(10)8-14/h5-6H,1-4,7-8,13-14H2. The number of fused-ring (bicyclic) bond motifs is 1. The van der Waals surface area contributed by atoms with Gasteiger partial charge in [0.2, 0.25) is 0 Å². The molecule has 0 radical (unpaired) electrons. The van der Waals surface area contributed by atoms with Crippen LogP contribution < -0.4 is 11.5 Å². The molecule has 0 fully saturated rings. The Bertz CT molecular complexity index is 316. The molecule has 2 nitrogen and oxygen atoms in total. The first-order valence-corrected chi connectivity index (χ1v) is 5.39. The van der Waals surface area contributed by atoms with Crippen LogP contribution in [0.3, 0.4) is 0 Å². The van der Waals surface area contributed by atoms with Gasteiger partial charge in [0.15, 0.2) is 0 Å². The first-order chi connectivity index (χ1) is 6.86. The van der Waals surface area contributed by atoms with Gasteiger partial charge in [-0.05, 0) is 47.9 Å². The maximum Gasteiger partial charge on any atom is 0.0184 e. The summed E-state index contributed by atoms with van der Waals surface area (Å²) in [7, 11) is 0. The van der Waals surface area contributed by atoms with E-state index in [0.717, 1.165) is 0 Å². The van der Waals surface area contributed by atoms with E-state index in [2.05, 4.69) is 12.1 Å². The second-order valence-electron chi connectivity index (χ2n) is 3.96. The van der Waals surface area contributed by atoms with Crippen LogP contribution in [-0.4, -0.2) is 0 Å². The van der Waals surface area contributed by atoms with Crippen molar-refractivity contribution in [2.45, 2.75) is 38.8 Å². The van der Waals surface area contributed by atoms with Crippen molar-refractivity contribution in [3.8, 4) is 0 Å². The molecule has 0 aromatic heterocycles. The molecule has 2 heteroatoms. The van der Waals surface area contributed by atoms with Crippen LogP contribution in [0.2, 0.25) is 0 Å². The highest BCUT2D eigenvalue weighted by Gasteiger charge is 2.14. The third-order valence-electron chi connectivity index (χ3n) is 3.17. The van der Waals surface area contributed by atoms with Crippen LogP contribution in [0.5, 0.6) is 0 Å². The van der Waals surface area contributed by atoms with Gasteiger partial charge in [-0.2, -0.15) is 0 Å². The monoisotopic (exact) mass is 190 g/mol. The predicted octanol–water partition coefficient (Wildman–Crippen LogP) is 1.48. The third-order valence-corrected chi connectivity index (χ3v) is 3.17. The molecule has 0 amide bonds. The van der Waals surface area contributed by atoms with E-state index in [-0.39, 0.29) is 0 Å². The van der Waals surface area contributed by atoms with Crippen molar-refractivity contribution in [3.63, 3.8) is 0 Å². The summed E-state index contributed by atoms with van der Waals surface area (Å²) in [6.07, 6.45) is 5.02. The topological polar surface area (TPSA) is 52.0 Å². The zero-order chi connectivity index (χ0) is 9.97. The molecule has 76 valence electrons. The van der Waals surface area contributed by atoms with Gasteiger partial charge in [0.05, 0.1) is 0 Å². The van der Waals surface area contributed by atoms with Crippen molar-refractivity contribution >= 4 is 0 Å². The normalized spacial score (nSPS) is 15.3. The minimum Gasteiger partial charge on any atom is -0.326 e. The minimum atomic E-state index is 0.611. The fourth-order valence-corrected chi connectivity index (χ4v) is 2.40. The Labute approximate surface area is 85.3 Å². The third kappa shape index (κ3) is 1.56. The average Bonchev–Trinajstić information content (AvgIpc) is 2.27. The Hall–Kier alpha value is -0.860. The Morgan fingerprint density at radius 3 is 2.50 bits per heavy atom. The molecule has 0 atom stereocenters. The SMILES string of the molecule is NCc1ccc2c(c1CN)CCCC2. The number of aryl methyl sites for hydroxylation is 1. The summed E-state index contributed by atoms with van der Waals surface area (Å²) >= 11 is 0. The molecular formula is C12H18N2. The van der Waals surface area contributed by atoms with Crippen LogP contribution in [0.1, 0.15) is 35.1 Å². The molecule has 1 aromatic rings. The number of nitrogens with two attached hydrogens (primary N) is 2. The molecule has 1 aliphatic carbocycles. The second kappa shape index (κ2) is 4.11. The minimum absolute atomic E-state index is 0.611. The van der Waals surface area contributed by atoms with Crippen molar-refractivity contribution in [2.24, 2.45) is 11.5 Å². The van der Waals surface area contributed by atoms with E-state index in [4.69, 9.17) is 11.5 Å². The average molecular weight is 190 g/mol. The molecule has 0 unspecified atom stereocenters. The highest BCUT2D eigenvalue weighted by molar-refractivity contribution is 5.42. The molecule has 0 aliphatic heterocycles. The van der Waals surface area contributed by atoms with Gasteiger partial charge in [0.25, 0.3) is 0 Å². The lowest BCUT2D eigenvalue weighted by Crippen LogP contribution is -2.14. The Balaban J connectivity index is 2.50. The summed E-state index contributed by atoms with van der Waals surface area (Å²) < 4.78 is 0. The second-order valence-corrected chi connectivity index (χ2v) is 3.96. The summed E-state index contributed by atoms with van der Waals surface area (Å²) in [4.78, 5) is 0. The van der Waals surface area contributed by atoms with E-state index in [1.807, 2.05) is 0 Å². The van der Waals surface area contributed by atoms with Gasteiger partial charge >= 0.3 is 0 Å². The molecule has 2 rings (SSSR count). The quantitative estimate of drug-likeness (QED) is 0.742. The molecule has 4 N–H and O–H groups in total. The molecule has 1 aliphatic rings. The van der Waals surface area contributed by atoms with Crippen molar-refractivity contribution in [1.29, 1.82) is 0 Å². The van der Waals surface area contributed by atoms with Crippen LogP contribution >= 0.6 is 0 Å². The molecule has 0 saturated carbocycles. The summed E-state index contributed by atoms with van der Waals surface area (Å²) in [6.45, 7) is 1.25. The van der Waals surface area contributed by atoms with Crippen molar-refractivity contribution in [3.05, 3.63) is 34.4 Å². The molecule has 1 aromatic carbocycles. The first-order valence-electron chi connectivity index (χ1n) is 5.39. The highest BCUT2D eigenvalue weighted by atomic mass is 14.6. The predicted molar refractivity (Wildman–Crippen MR) is 58.9 cm³/mol. The zero-order valence-corrected chi connectivity index (χ0v) is 8.55. The number of hydrogen-bond acceptors (Lipinski definition) is 2. The van der Waals surface area contributed by atoms with Gasteiger partial charge < -0.3 is 11.5 Å². The van der Waals surface area contributed by atoms with E-state index < -0.39 is 0 Å². The smallest absolute Gasteiger partial charge is 0.0184 e. The number of hydrogen-bond donors (Lipinski definition) is 2. The van der Waals surface area contributed by atoms with E-state index in [0.29, 0.717) is 13.1 Å². The van der Waals surface area contributed by atoms with Crippen LogP contribution in [0.25, 0.3) is 0 Å². The summed E-state index contributed by atoms with van der Waals surface area (Å²) in [5, 5.41) is 0. The van der Waals surface area contributed by atoms with Gasteiger partial charge in [0, 0.05) is 13.1 Å². The van der Waals surface area contributed by atoms with E-state index in [1.165, 1.54) is 47.9 Å².